The molecular formula is C26H25ClF3N5O3S. The van der Waals surface area contributed by atoms with E-state index < -0.39 is 35.5 Å². The van der Waals surface area contributed by atoms with Crippen molar-refractivity contribution in [2.45, 2.75) is 31.3 Å². The second-order valence-electron chi connectivity index (χ2n) is 9.83. The van der Waals surface area contributed by atoms with Gasteiger partial charge in [0.15, 0.2) is 11.7 Å². The lowest BCUT2D eigenvalue weighted by molar-refractivity contribution is -0.136. The second kappa shape index (κ2) is 10.8. The fraction of sp³-hybridized carbons (Fsp3) is 0.385. The summed E-state index contributed by atoms with van der Waals surface area (Å²) in [4.78, 5) is 36.5. The molecule has 2 N–H and O–H groups in total. The number of hydrogen-bond donors (Lipinski definition) is 2. The highest BCUT2D eigenvalue weighted by atomic mass is 35.5. The smallest absolute Gasteiger partial charge is 0.338 e. The third kappa shape index (κ3) is 5.50. The van der Waals surface area contributed by atoms with Crippen molar-refractivity contribution in [2.24, 2.45) is 10.4 Å². The molecule has 0 radical (unpaired) electrons. The Bertz CT molecular complexity index is 1400. The van der Waals surface area contributed by atoms with Gasteiger partial charge in [-0.25, -0.2) is 22.9 Å². The number of benzene rings is 1. The molecule has 8 nitrogen and oxygen atoms in total. The van der Waals surface area contributed by atoms with E-state index >= 15 is 0 Å². The number of amides is 1. The van der Waals surface area contributed by atoms with Gasteiger partial charge in [-0.2, -0.15) is 0 Å². The molecule has 1 aromatic heterocycles. The number of amidine groups is 1. The van der Waals surface area contributed by atoms with Crippen LogP contribution in [-0.4, -0.2) is 60.1 Å². The highest BCUT2D eigenvalue weighted by Crippen LogP contribution is 2.55. The lowest BCUT2D eigenvalue weighted by Gasteiger charge is -2.31. The highest BCUT2D eigenvalue weighted by molar-refractivity contribution is 7.97. The van der Waals surface area contributed by atoms with E-state index in [0.717, 1.165) is 25.1 Å². The number of methoxy groups -OCH3 is 1. The number of nitrogens with zero attached hydrogens (tertiary/aromatic N) is 3. The van der Waals surface area contributed by atoms with Gasteiger partial charge >= 0.3 is 5.97 Å². The maximum Gasteiger partial charge on any atom is 0.338 e. The van der Waals surface area contributed by atoms with Crippen LogP contribution in [0.3, 0.4) is 0 Å². The SMILES string of the molecule is COC(=O)C1=C(CN2CC3(CC3)CC2C(=O)NSC)NC(c2ncc(F)cc2F)=NC1c1ccc(F)cc1Cl. The quantitative estimate of drug-likeness (QED) is 0.379. The fourth-order valence-corrected chi connectivity index (χ4v) is 5.82. The van der Waals surface area contributed by atoms with Crippen LogP contribution in [-0.2, 0) is 14.3 Å². The molecule has 2 unspecified atom stereocenters. The Labute approximate surface area is 232 Å². The molecule has 3 heterocycles. The summed E-state index contributed by atoms with van der Waals surface area (Å²) in [6.45, 7) is 0.715. The molecule has 206 valence electrons. The zero-order valence-electron chi connectivity index (χ0n) is 21.1. The van der Waals surface area contributed by atoms with Crippen molar-refractivity contribution in [1.82, 2.24) is 19.9 Å². The van der Waals surface area contributed by atoms with E-state index in [1.54, 1.807) is 6.26 Å². The number of pyridine rings is 1. The number of carbonyl (C=O) groups is 2. The summed E-state index contributed by atoms with van der Waals surface area (Å²) in [5.41, 5.74) is 0.384. The monoisotopic (exact) mass is 579 g/mol. The van der Waals surface area contributed by atoms with E-state index in [4.69, 9.17) is 16.3 Å². The molecule has 39 heavy (non-hydrogen) atoms. The van der Waals surface area contributed by atoms with Gasteiger partial charge in [-0.05, 0) is 36.8 Å². The van der Waals surface area contributed by atoms with E-state index in [1.807, 2.05) is 4.90 Å². The number of hydrogen-bond acceptors (Lipinski definition) is 8. The Kier molecular flexibility index (Phi) is 7.62. The molecule has 2 atom stereocenters. The van der Waals surface area contributed by atoms with Gasteiger partial charge in [0.25, 0.3) is 0 Å². The fourth-order valence-electron chi connectivity index (χ4n) is 5.21. The number of rotatable bonds is 7. The number of nitrogens with one attached hydrogen (secondary N) is 2. The lowest BCUT2D eigenvalue weighted by atomic mass is 9.94. The standard InChI is InChI=1S/C26H25ClF3N5O3S/c1-38-25(37)20-18(11-35-12-26(5-6-26)9-19(35)24(36)34-39-2)32-23(22-17(30)8-14(29)10-31-22)33-21(20)15-4-3-13(28)7-16(15)27/h3-4,7-8,10,19,21H,5-6,9,11-12H2,1-2H3,(H,32,33)(H,34,36). The number of esters is 1. The maximum atomic E-state index is 14.8. The van der Waals surface area contributed by atoms with Crippen molar-refractivity contribution in [3.05, 3.63) is 75.5 Å². The zero-order chi connectivity index (χ0) is 27.9. The van der Waals surface area contributed by atoms with E-state index in [-0.39, 0.29) is 45.6 Å². The molecule has 2 aliphatic heterocycles. The van der Waals surface area contributed by atoms with Crippen LogP contribution in [0.4, 0.5) is 13.2 Å². The molecule has 1 aromatic carbocycles. The van der Waals surface area contributed by atoms with Crippen LogP contribution < -0.4 is 10.0 Å². The van der Waals surface area contributed by atoms with E-state index in [2.05, 4.69) is 20.0 Å². The van der Waals surface area contributed by atoms with Crippen LogP contribution in [0.25, 0.3) is 0 Å². The van der Waals surface area contributed by atoms with Crippen LogP contribution in [0.5, 0.6) is 0 Å². The molecule has 2 aromatic rings. The number of halogens is 4. The van der Waals surface area contributed by atoms with Crippen molar-refractivity contribution in [3.63, 3.8) is 0 Å². The summed E-state index contributed by atoms with van der Waals surface area (Å²) in [7, 11) is 1.21. The first-order valence-electron chi connectivity index (χ1n) is 12.1. The molecule has 2 fully saturated rings. The highest BCUT2D eigenvalue weighted by Gasteiger charge is 2.54. The van der Waals surface area contributed by atoms with Crippen molar-refractivity contribution < 1.29 is 27.5 Å². The number of ether oxygens (including phenoxy) is 1. The molecule has 1 amide bonds. The molecule has 3 aliphatic rings. The first-order valence-corrected chi connectivity index (χ1v) is 13.7. The van der Waals surface area contributed by atoms with Crippen molar-refractivity contribution in [3.8, 4) is 0 Å². The first kappa shape index (κ1) is 27.5. The van der Waals surface area contributed by atoms with Gasteiger partial charge in [-0.15, -0.1) is 0 Å². The molecule has 1 spiro atoms. The predicted octanol–water partition coefficient (Wildman–Crippen LogP) is 3.92. The Morgan fingerprint density at radius 1 is 1.26 bits per heavy atom. The molecule has 0 bridgehead atoms. The van der Waals surface area contributed by atoms with Gasteiger partial charge in [0.2, 0.25) is 5.91 Å². The average molecular weight is 580 g/mol. The zero-order valence-corrected chi connectivity index (χ0v) is 22.6. The number of carbonyl (C=O) groups excluding carboxylic acids is 2. The van der Waals surface area contributed by atoms with Gasteiger partial charge in [-0.3, -0.25) is 19.4 Å². The van der Waals surface area contributed by atoms with Crippen LogP contribution in [0, 0.1) is 22.9 Å². The molecule has 5 rings (SSSR count). The van der Waals surface area contributed by atoms with Gasteiger partial charge < -0.3 is 10.1 Å². The number of likely N-dealkylation sites (tertiary alicyclic amines) is 1. The summed E-state index contributed by atoms with van der Waals surface area (Å²) in [5, 5.41) is 2.99. The Balaban J connectivity index is 1.62. The Hall–Kier alpha value is -3.09. The van der Waals surface area contributed by atoms with Crippen molar-refractivity contribution in [2.75, 3.05) is 26.5 Å². The first-order chi connectivity index (χ1) is 18.6. The van der Waals surface area contributed by atoms with Crippen LogP contribution >= 0.6 is 23.5 Å². The third-order valence-electron chi connectivity index (χ3n) is 7.25. The van der Waals surface area contributed by atoms with Crippen LogP contribution in [0.1, 0.15) is 36.6 Å². The molecule has 13 heteroatoms. The van der Waals surface area contributed by atoms with Gasteiger partial charge in [0.1, 0.15) is 23.4 Å². The third-order valence-corrected chi connectivity index (χ3v) is 7.98. The average Bonchev–Trinajstić information content (AvgIpc) is 3.55. The van der Waals surface area contributed by atoms with Crippen molar-refractivity contribution in [1.29, 1.82) is 0 Å². The Morgan fingerprint density at radius 2 is 2.03 bits per heavy atom. The Morgan fingerprint density at radius 3 is 2.67 bits per heavy atom. The predicted molar refractivity (Wildman–Crippen MR) is 140 cm³/mol. The van der Waals surface area contributed by atoms with Crippen molar-refractivity contribution >= 4 is 41.3 Å². The summed E-state index contributed by atoms with van der Waals surface area (Å²) >= 11 is 7.58. The molecule has 1 saturated carbocycles. The van der Waals surface area contributed by atoms with E-state index in [0.29, 0.717) is 24.7 Å². The summed E-state index contributed by atoms with van der Waals surface area (Å²) in [6.07, 6.45) is 5.27. The molecular weight excluding hydrogens is 555 g/mol. The van der Waals surface area contributed by atoms with Crippen LogP contribution in [0.15, 0.2) is 46.7 Å². The largest absolute Gasteiger partial charge is 0.466 e. The minimum absolute atomic E-state index is 0.00591. The summed E-state index contributed by atoms with van der Waals surface area (Å²) in [6, 6.07) is 2.73. The summed E-state index contributed by atoms with van der Waals surface area (Å²) in [5.74, 6) is -3.39. The topological polar surface area (TPSA) is 95.9 Å². The van der Waals surface area contributed by atoms with Gasteiger partial charge in [0.05, 0.1) is 24.9 Å². The molecule has 1 aliphatic carbocycles. The normalized spacial score (nSPS) is 21.9. The van der Waals surface area contributed by atoms with Crippen LogP contribution in [0.2, 0.25) is 5.02 Å². The van der Waals surface area contributed by atoms with E-state index in [1.165, 1.54) is 31.2 Å². The second-order valence-corrected chi connectivity index (χ2v) is 10.9. The lowest BCUT2D eigenvalue weighted by Crippen LogP contribution is -2.45. The summed E-state index contributed by atoms with van der Waals surface area (Å²) < 4.78 is 50.3. The maximum absolute atomic E-state index is 14.8. The minimum atomic E-state index is -1.13. The number of aromatic nitrogens is 1. The number of aliphatic imine (C=N–C) groups is 1. The van der Waals surface area contributed by atoms with Gasteiger partial charge in [-0.1, -0.05) is 29.6 Å². The molecule has 1 saturated heterocycles. The minimum Gasteiger partial charge on any atom is -0.466 e. The van der Waals surface area contributed by atoms with E-state index in [9.17, 15) is 22.8 Å². The van der Waals surface area contributed by atoms with Gasteiger partial charge in [0, 0.05) is 41.7 Å².